The van der Waals surface area contributed by atoms with Crippen LogP contribution in [0.3, 0.4) is 0 Å². The molecule has 0 spiro atoms. The van der Waals surface area contributed by atoms with E-state index in [9.17, 15) is 4.79 Å². The Labute approximate surface area is 141 Å². The van der Waals surface area contributed by atoms with Gasteiger partial charge in [0.2, 0.25) is 0 Å². The maximum absolute atomic E-state index is 12.5. The molecule has 0 unspecified atom stereocenters. The fourth-order valence-corrected chi connectivity index (χ4v) is 2.71. The summed E-state index contributed by atoms with van der Waals surface area (Å²) in [5.74, 6) is 0.682. The van der Waals surface area contributed by atoms with E-state index in [0.717, 1.165) is 34.7 Å². The third-order valence-electron chi connectivity index (χ3n) is 3.96. The molecule has 0 aliphatic carbocycles. The standard InChI is InChI=1S/C19H20N4O/c1-4-23-12-20-22-18(23)15-6-5-7-16(11-15)21-19(24)17-9-8-13(2)10-14(17)3/h5-12H,4H2,1-3H3,(H,21,24). The molecule has 24 heavy (non-hydrogen) atoms. The van der Waals surface area contributed by atoms with Gasteiger partial charge in [-0.2, -0.15) is 0 Å². The highest BCUT2D eigenvalue weighted by Gasteiger charge is 2.11. The Bertz CT molecular complexity index is 883. The van der Waals surface area contributed by atoms with Gasteiger partial charge in [-0.25, -0.2) is 0 Å². The van der Waals surface area contributed by atoms with Crippen molar-refractivity contribution >= 4 is 11.6 Å². The van der Waals surface area contributed by atoms with E-state index in [-0.39, 0.29) is 5.91 Å². The Morgan fingerprint density at radius 2 is 2.00 bits per heavy atom. The molecule has 1 aromatic heterocycles. The van der Waals surface area contributed by atoms with E-state index in [1.807, 2.05) is 67.8 Å². The topological polar surface area (TPSA) is 59.8 Å². The number of rotatable bonds is 4. The van der Waals surface area contributed by atoms with E-state index in [1.54, 1.807) is 6.33 Å². The van der Waals surface area contributed by atoms with Crippen molar-refractivity contribution in [2.75, 3.05) is 5.32 Å². The van der Waals surface area contributed by atoms with Crippen LogP contribution in [0, 0.1) is 13.8 Å². The summed E-state index contributed by atoms with van der Waals surface area (Å²) in [5, 5.41) is 11.1. The largest absolute Gasteiger partial charge is 0.322 e. The minimum absolute atomic E-state index is 0.110. The summed E-state index contributed by atoms with van der Waals surface area (Å²) in [4.78, 5) is 12.5. The predicted octanol–water partition coefficient (Wildman–Crippen LogP) is 3.83. The first-order valence-corrected chi connectivity index (χ1v) is 7.95. The van der Waals surface area contributed by atoms with Gasteiger partial charge in [0.15, 0.2) is 5.82 Å². The van der Waals surface area contributed by atoms with Gasteiger partial charge in [0.1, 0.15) is 6.33 Å². The van der Waals surface area contributed by atoms with E-state index >= 15 is 0 Å². The van der Waals surface area contributed by atoms with Gasteiger partial charge >= 0.3 is 0 Å². The number of aromatic nitrogens is 3. The zero-order valence-electron chi connectivity index (χ0n) is 14.1. The van der Waals surface area contributed by atoms with Crippen molar-refractivity contribution < 1.29 is 4.79 Å². The molecular weight excluding hydrogens is 300 g/mol. The van der Waals surface area contributed by atoms with Crippen molar-refractivity contribution in [1.82, 2.24) is 14.8 Å². The second-order valence-corrected chi connectivity index (χ2v) is 5.79. The Morgan fingerprint density at radius 1 is 1.17 bits per heavy atom. The number of nitrogens with zero attached hydrogens (tertiary/aromatic N) is 3. The van der Waals surface area contributed by atoms with Crippen molar-refractivity contribution in [3.8, 4) is 11.4 Å². The summed E-state index contributed by atoms with van der Waals surface area (Å²) < 4.78 is 1.96. The van der Waals surface area contributed by atoms with Crippen LogP contribution in [0.15, 0.2) is 48.8 Å². The van der Waals surface area contributed by atoms with Gasteiger partial charge < -0.3 is 9.88 Å². The molecule has 2 aromatic carbocycles. The second kappa shape index (κ2) is 6.66. The summed E-state index contributed by atoms with van der Waals surface area (Å²) >= 11 is 0. The van der Waals surface area contributed by atoms with Crippen molar-refractivity contribution in [1.29, 1.82) is 0 Å². The van der Waals surface area contributed by atoms with Crippen LogP contribution in [0.1, 0.15) is 28.4 Å². The van der Waals surface area contributed by atoms with E-state index in [1.165, 1.54) is 0 Å². The zero-order chi connectivity index (χ0) is 17.1. The maximum Gasteiger partial charge on any atom is 0.255 e. The lowest BCUT2D eigenvalue weighted by atomic mass is 10.0. The van der Waals surface area contributed by atoms with Gasteiger partial charge in [-0.05, 0) is 44.5 Å². The van der Waals surface area contributed by atoms with Crippen molar-refractivity contribution in [2.24, 2.45) is 0 Å². The molecule has 0 aliphatic heterocycles. The van der Waals surface area contributed by atoms with Gasteiger partial charge in [-0.15, -0.1) is 10.2 Å². The number of carbonyl (C=O) groups excluding carboxylic acids is 1. The molecule has 0 saturated heterocycles. The summed E-state index contributed by atoms with van der Waals surface area (Å²) in [6, 6.07) is 13.5. The molecule has 1 N–H and O–H groups in total. The van der Waals surface area contributed by atoms with E-state index in [2.05, 4.69) is 15.5 Å². The Kier molecular flexibility index (Phi) is 4.42. The lowest BCUT2D eigenvalue weighted by Crippen LogP contribution is -2.13. The third-order valence-corrected chi connectivity index (χ3v) is 3.96. The number of carbonyl (C=O) groups is 1. The van der Waals surface area contributed by atoms with Crippen molar-refractivity contribution in [3.63, 3.8) is 0 Å². The molecule has 3 aromatic rings. The smallest absolute Gasteiger partial charge is 0.255 e. The number of hydrogen-bond donors (Lipinski definition) is 1. The van der Waals surface area contributed by atoms with E-state index in [4.69, 9.17) is 0 Å². The number of nitrogens with one attached hydrogen (secondary N) is 1. The summed E-state index contributed by atoms with van der Waals surface area (Å²) in [6.07, 6.45) is 1.70. The van der Waals surface area contributed by atoms with Crippen LogP contribution >= 0.6 is 0 Å². The number of amides is 1. The molecule has 122 valence electrons. The van der Waals surface area contributed by atoms with E-state index in [0.29, 0.717) is 5.56 Å². The normalized spacial score (nSPS) is 10.6. The molecular formula is C19H20N4O. The maximum atomic E-state index is 12.5. The van der Waals surface area contributed by atoms with Crippen molar-refractivity contribution in [3.05, 3.63) is 65.5 Å². The van der Waals surface area contributed by atoms with Crippen LogP contribution in [-0.2, 0) is 6.54 Å². The molecule has 0 radical (unpaired) electrons. The molecule has 1 amide bonds. The van der Waals surface area contributed by atoms with Gasteiger partial charge in [-0.1, -0.05) is 29.8 Å². The van der Waals surface area contributed by atoms with Crippen LogP contribution < -0.4 is 5.32 Å². The number of benzene rings is 2. The minimum Gasteiger partial charge on any atom is -0.322 e. The number of anilines is 1. The predicted molar refractivity (Wildman–Crippen MR) is 95.0 cm³/mol. The van der Waals surface area contributed by atoms with Crippen molar-refractivity contribution in [2.45, 2.75) is 27.3 Å². The number of hydrogen-bond acceptors (Lipinski definition) is 3. The highest BCUT2D eigenvalue weighted by molar-refractivity contribution is 6.05. The SMILES string of the molecule is CCn1cnnc1-c1cccc(NC(=O)c2ccc(C)cc2C)c1. The van der Waals surface area contributed by atoms with Gasteiger partial charge in [-0.3, -0.25) is 4.79 Å². The molecule has 5 nitrogen and oxygen atoms in total. The molecule has 3 rings (SSSR count). The van der Waals surface area contributed by atoms with Gasteiger partial charge in [0.25, 0.3) is 5.91 Å². The summed E-state index contributed by atoms with van der Waals surface area (Å²) in [7, 11) is 0. The Morgan fingerprint density at radius 3 is 2.75 bits per heavy atom. The van der Waals surface area contributed by atoms with Crippen LogP contribution in [0.2, 0.25) is 0 Å². The van der Waals surface area contributed by atoms with Gasteiger partial charge in [0.05, 0.1) is 0 Å². The highest BCUT2D eigenvalue weighted by atomic mass is 16.1. The monoisotopic (exact) mass is 320 g/mol. The molecule has 1 heterocycles. The first-order valence-electron chi connectivity index (χ1n) is 7.95. The lowest BCUT2D eigenvalue weighted by Gasteiger charge is -2.10. The van der Waals surface area contributed by atoms with E-state index < -0.39 is 0 Å². The quantitative estimate of drug-likeness (QED) is 0.794. The average Bonchev–Trinajstić information content (AvgIpc) is 3.03. The summed E-state index contributed by atoms with van der Waals surface area (Å²) in [5.41, 5.74) is 4.46. The Balaban J connectivity index is 1.86. The molecule has 0 saturated carbocycles. The van der Waals surface area contributed by atoms with Crippen LogP contribution in [-0.4, -0.2) is 20.7 Å². The fraction of sp³-hybridized carbons (Fsp3) is 0.211. The molecule has 0 aliphatic rings. The van der Waals surface area contributed by atoms with Crippen LogP contribution in [0.5, 0.6) is 0 Å². The first-order chi connectivity index (χ1) is 11.6. The second-order valence-electron chi connectivity index (χ2n) is 5.79. The third kappa shape index (κ3) is 3.20. The highest BCUT2D eigenvalue weighted by Crippen LogP contribution is 2.21. The van der Waals surface area contributed by atoms with Crippen LogP contribution in [0.4, 0.5) is 5.69 Å². The molecule has 5 heteroatoms. The van der Waals surface area contributed by atoms with Gasteiger partial charge in [0, 0.05) is 23.4 Å². The molecule has 0 fully saturated rings. The number of aryl methyl sites for hydroxylation is 3. The Hall–Kier alpha value is -2.95. The summed E-state index contributed by atoms with van der Waals surface area (Å²) in [6.45, 7) is 6.80. The lowest BCUT2D eigenvalue weighted by molar-refractivity contribution is 0.102. The zero-order valence-corrected chi connectivity index (χ0v) is 14.1. The fourth-order valence-electron chi connectivity index (χ4n) is 2.71. The first kappa shape index (κ1) is 15.9. The van der Waals surface area contributed by atoms with Crippen LogP contribution in [0.25, 0.3) is 11.4 Å². The minimum atomic E-state index is -0.110. The average molecular weight is 320 g/mol. The molecule has 0 atom stereocenters. The molecule has 0 bridgehead atoms.